The first kappa shape index (κ1) is 21.6. The molecule has 2 aliphatic rings. The summed E-state index contributed by atoms with van der Waals surface area (Å²) in [5.74, 6) is 0.474. The summed E-state index contributed by atoms with van der Waals surface area (Å²) in [5, 5.41) is 8.23. The number of hydrogen-bond acceptors (Lipinski definition) is 5. The average Bonchev–Trinajstić information content (AvgIpc) is 3.07. The Labute approximate surface area is 182 Å². The summed E-state index contributed by atoms with van der Waals surface area (Å²) >= 11 is 0. The van der Waals surface area contributed by atoms with Gasteiger partial charge in [0, 0.05) is 24.4 Å². The maximum atomic E-state index is 13.5. The Morgan fingerprint density at radius 3 is 2.81 bits per heavy atom. The average molecular weight is 431 g/mol. The first-order valence-corrected chi connectivity index (χ1v) is 10.9. The van der Waals surface area contributed by atoms with Gasteiger partial charge in [-0.25, -0.2) is 13.9 Å². The Morgan fingerprint density at radius 2 is 2.13 bits per heavy atom. The number of halogens is 1. The molecule has 2 aromatic rings. The predicted octanol–water partition coefficient (Wildman–Crippen LogP) is 5.07. The van der Waals surface area contributed by atoms with Crippen molar-refractivity contribution >= 4 is 17.6 Å². The van der Waals surface area contributed by atoms with Crippen LogP contribution in [0.5, 0.6) is 0 Å². The van der Waals surface area contributed by atoms with Gasteiger partial charge in [-0.15, -0.1) is 0 Å². The lowest BCUT2D eigenvalue weighted by Crippen LogP contribution is -2.40. The van der Waals surface area contributed by atoms with Crippen LogP contribution in [0.25, 0.3) is 0 Å². The highest BCUT2D eigenvalue weighted by Gasteiger charge is 2.32. The lowest BCUT2D eigenvalue weighted by molar-refractivity contribution is -0.0427. The number of ether oxygens (including phenoxy) is 2. The van der Waals surface area contributed by atoms with E-state index in [1.165, 1.54) is 12.1 Å². The number of carbonyl (C=O) groups excluding carboxylic acids is 1. The standard InChI is InChI=1S/C23H31FN4O3/c1-15-13-16(24)8-9-18(15)25-21-17-10-11-27(22(29)31-23(2,3)4)14-19(17)28(26-21)20-7-5-6-12-30-20/h8-9,13,20H,5-7,10-12,14H2,1-4H3,(H,25,26). The second-order valence-electron chi connectivity index (χ2n) is 9.28. The van der Waals surface area contributed by atoms with Gasteiger partial charge in [-0.2, -0.15) is 5.10 Å². The van der Waals surface area contributed by atoms with Crippen LogP contribution in [0.2, 0.25) is 0 Å². The number of rotatable bonds is 3. The molecule has 8 heteroatoms. The van der Waals surface area contributed by atoms with Gasteiger partial charge < -0.3 is 19.7 Å². The lowest BCUT2D eigenvalue weighted by Gasteiger charge is -2.32. The third kappa shape index (κ3) is 4.84. The summed E-state index contributed by atoms with van der Waals surface area (Å²) in [6, 6.07) is 4.66. The molecule has 3 heterocycles. The molecule has 0 bridgehead atoms. The first-order chi connectivity index (χ1) is 14.7. The highest BCUT2D eigenvalue weighted by molar-refractivity contribution is 5.70. The van der Waals surface area contributed by atoms with Crippen molar-refractivity contribution in [1.29, 1.82) is 0 Å². The molecule has 0 radical (unpaired) electrons. The minimum absolute atomic E-state index is 0.147. The molecule has 0 aliphatic carbocycles. The van der Waals surface area contributed by atoms with Crippen LogP contribution in [0, 0.1) is 12.7 Å². The van der Waals surface area contributed by atoms with Gasteiger partial charge in [-0.3, -0.25) is 0 Å². The van der Waals surface area contributed by atoms with Crippen molar-refractivity contribution in [2.45, 2.75) is 71.8 Å². The van der Waals surface area contributed by atoms with E-state index in [2.05, 4.69) is 5.32 Å². The topological polar surface area (TPSA) is 68.6 Å². The van der Waals surface area contributed by atoms with Gasteiger partial charge >= 0.3 is 6.09 Å². The van der Waals surface area contributed by atoms with Crippen molar-refractivity contribution in [3.63, 3.8) is 0 Å². The van der Waals surface area contributed by atoms with Crippen LogP contribution in [0.15, 0.2) is 18.2 Å². The highest BCUT2D eigenvalue weighted by atomic mass is 19.1. The number of aromatic nitrogens is 2. The molecule has 31 heavy (non-hydrogen) atoms. The van der Waals surface area contributed by atoms with E-state index in [9.17, 15) is 9.18 Å². The quantitative estimate of drug-likeness (QED) is 0.737. The van der Waals surface area contributed by atoms with Crippen LogP contribution in [0.4, 0.5) is 20.7 Å². The molecule has 0 spiro atoms. The van der Waals surface area contributed by atoms with Crippen LogP contribution >= 0.6 is 0 Å². The fourth-order valence-corrected chi connectivity index (χ4v) is 4.07. The number of aryl methyl sites for hydroxylation is 1. The van der Waals surface area contributed by atoms with Gasteiger partial charge in [0.25, 0.3) is 0 Å². The van der Waals surface area contributed by atoms with Crippen LogP contribution < -0.4 is 5.32 Å². The van der Waals surface area contributed by atoms with E-state index in [-0.39, 0.29) is 18.1 Å². The van der Waals surface area contributed by atoms with E-state index >= 15 is 0 Å². The Morgan fingerprint density at radius 1 is 1.32 bits per heavy atom. The molecule has 1 fully saturated rings. The third-order valence-corrected chi connectivity index (χ3v) is 5.61. The number of nitrogens with zero attached hydrogens (tertiary/aromatic N) is 3. The number of hydrogen-bond donors (Lipinski definition) is 1. The predicted molar refractivity (Wildman–Crippen MR) is 116 cm³/mol. The molecular weight excluding hydrogens is 399 g/mol. The number of nitrogens with one attached hydrogen (secondary N) is 1. The first-order valence-electron chi connectivity index (χ1n) is 10.9. The summed E-state index contributed by atoms with van der Waals surface area (Å²) in [6.45, 7) is 9.14. The Hall–Kier alpha value is -2.61. The summed E-state index contributed by atoms with van der Waals surface area (Å²) in [7, 11) is 0. The van der Waals surface area contributed by atoms with Gasteiger partial charge in [0.1, 0.15) is 11.4 Å². The highest BCUT2D eigenvalue weighted by Crippen LogP contribution is 2.34. The molecule has 0 saturated carbocycles. The van der Waals surface area contributed by atoms with Crippen molar-refractivity contribution < 1.29 is 18.7 Å². The summed E-state index contributed by atoms with van der Waals surface area (Å²) < 4.78 is 27.0. The van der Waals surface area contributed by atoms with E-state index in [0.717, 1.165) is 47.6 Å². The van der Waals surface area contributed by atoms with Crippen molar-refractivity contribution in [2.75, 3.05) is 18.5 Å². The summed E-state index contributed by atoms with van der Waals surface area (Å²) in [5.41, 5.74) is 3.11. The van der Waals surface area contributed by atoms with Crippen LogP contribution in [-0.2, 0) is 22.4 Å². The second-order valence-corrected chi connectivity index (χ2v) is 9.28. The lowest BCUT2D eigenvalue weighted by atomic mass is 10.1. The Bertz CT molecular complexity index is 960. The fourth-order valence-electron chi connectivity index (χ4n) is 4.07. The minimum Gasteiger partial charge on any atom is -0.444 e. The van der Waals surface area contributed by atoms with Crippen LogP contribution in [0.3, 0.4) is 0 Å². The van der Waals surface area contributed by atoms with E-state index in [1.807, 2.05) is 32.4 Å². The third-order valence-electron chi connectivity index (χ3n) is 5.61. The van der Waals surface area contributed by atoms with Gasteiger partial charge in [-0.05, 0) is 77.1 Å². The number of anilines is 2. The van der Waals surface area contributed by atoms with E-state index in [0.29, 0.717) is 26.1 Å². The summed E-state index contributed by atoms with van der Waals surface area (Å²) in [4.78, 5) is 14.4. The molecular formula is C23H31FN4O3. The smallest absolute Gasteiger partial charge is 0.410 e. The van der Waals surface area contributed by atoms with Gasteiger partial charge in [0.2, 0.25) is 0 Å². The monoisotopic (exact) mass is 430 g/mol. The molecule has 1 amide bonds. The van der Waals surface area contributed by atoms with E-state index < -0.39 is 5.60 Å². The molecule has 1 saturated heterocycles. The molecule has 168 valence electrons. The molecule has 4 rings (SSSR count). The van der Waals surface area contributed by atoms with Gasteiger partial charge in [-0.1, -0.05) is 0 Å². The minimum atomic E-state index is -0.545. The Kier molecular flexibility index (Phi) is 5.92. The van der Waals surface area contributed by atoms with Crippen LogP contribution in [-0.4, -0.2) is 39.5 Å². The molecule has 2 aliphatic heterocycles. The maximum absolute atomic E-state index is 13.5. The fraction of sp³-hybridized carbons (Fsp3) is 0.565. The van der Waals surface area contributed by atoms with E-state index in [4.69, 9.17) is 14.6 Å². The molecule has 1 atom stereocenters. The SMILES string of the molecule is Cc1cc(F)ccc1Nc1nn(C2CCCCO2)c2c1CCN(C(=O)OC(C)(C)C)C2. The number of carbonyl (C=O) groups is 1. The molecule has 7 nitrogen and oxygen atoms in total. The van der Waals surface area contributed by atoms with Crippen LogP contribution in [0.1, 0.15) is 63.1 Å². The van der Waals surface area contributed by atoms with Gasteiger partial charge in [0.15, 0.2) is 12.0 Å². The van der Waals surface area contributed by atoms with Crippen molar-refractivity contribution in [3.8, 4) is 0 Å². The zero-order valence-electron chi connectivity index (χ0n) is 18.7. The normalized spacial score (nSPS) is 19.1. The number of amides is 1. The molecule has 1 aromatic carbocycles. The molecule has 1 unspecified atom stereocenters. The zero-order chi connectivity index (χ0) is 22.2. The molecule has 1 aromatic heterocycles. The van der Waals surface area contributed by atoms with Crippen molar-refractivity contribution in [3.05, 3.63) is 40.8 Å². The zero-order valence-corrected chi connectivity index (χ0v) is 18.7. The number of benzene rings is 1. The largest absolute Gasteiger partial charge is 0.444 e. The Balaban J connectivity index is 1.65. The second kappa shape index (κ2) is 8.49. The molecule has 1 N–H and O–H groups in total. The van der Waals surface area contributed by atoms with E-state index in [1.54, 1.807) is 11.0 Å². The summed E-state index contributed by atoms with van der Waals surface area (Å²) in [6.07, 6.45) is 3.20. The maximum Gasteiger partial charge on any atom is 0.410 e. The van der Waals surface area contributed by atoms with Gasteiger partial charge in [0.05, 0.1) is 12.2 Å². The van der Waals surface area contributed by atoms with Crippen molar-refractivity contribution in [1.82, 2.24) is 14.7 Å². The number of fused-ring (bicyclic) bond motifs is 1. The van der Waals surface area contributed by atoms with Crippen molar-refractivity contribution in [2.24, 2.45) is 0 Å².